The normalized spacial score (nSPS) is 13.1. The number of hydrogen-bond donors (Lipinski definition) is 5. The number of aromatic amines is 2. The van der Waals surface area contributed by atoms with Gasteiger partial charge in [0.1, 0.15) is 0 Å². The van der Waals surface area contributed by atoms with Crippen LogP contribution in [0.2, 0.25) is 0 Å². The fourth-order valence-electron chi connectivity index (χ4n) is 0.812. The lowest BCUT2D eigenvalue weighted by molar-refractivity contribution is -0.155. The summed E-state index contributed by atoms with van der Waals surface area (Å²) in [6, 6.07) is 0. The molecule has 0 aliphatic carbocycles. The number of nitrogens with one attached hydrogen (secondary N) is 2. The maximum absolute atomic E-state index is 10.9. The summed E-state index contributed by atoms with van der Waals surface area (Å²) in [6.45, 7) is 0. The lowest BCUT2D eigenvalue weighted by Gasteiger charge is -2.12. The Labute approximate surface area is 74.9 Å². The van der Waals surface area contributed by atoms with Gasteiger partial charge in [0.25, 0.3) is 0 Å². The highest BCUT2D eigenvalue weighted by molar-refractivity contribution is 4.72. The second-order valence-electron chi connectivity index (χ2n) is 2.39. The van der Waals surface area contributed by atoms with E-state index in [-0.39, 0.29) is 4.57 Å². The zero-order chi connectivity index (χ0) is 10.9. The van der Waals surface area contributed by atoms with E-state index in [0.29, 0.717) is 0 Å². The molecular weight excluding hydrogens is 198 g/mol. The van der Waals surface area contributed by atoms with Crippen LogP contribution in [0.5, 0.6) is 0 Å². The smallest absolute Gasteiger partial charge is 0.336 e. The molecule has 1 rings (SSSR count). The Morgan fingerprint density at radius 3 is 1.79 bits per heavy atom. The molecule has 5 N–H and O–H groups in total. The summed E-state index contributed by atoms with van der Waals surface area (Å²) in [5, 5.41) is 26.0. The van der Waals surface area contributed by atoms with Gasteiger partial charge in [0.2, 0.25) is 0 Å². The van der Waals surface area contributed by atoms with E-state index in [0.717, 1.165) is 0 Å². The molecule has 78 valence electrons. The van der Waals surface area contributed by atoms with Crippen LogP contribution in [0.25, 0.3) is 0 Å². The van der Waals surface area contributed by atoms with E-state index in [1.165, 1.54) is 0 Å². The largest absolute Gasteiger partial charge is 0.368 e. The molecule has 1 unspecified atom stereocenters. The van der Waals surface area contributed by atoms with Crippen molar-refractivity contribution in [2.45, 2.75) is 12.5 Å². The summed E-state index contributed by atoms with van der Waals surface area (Å²) in [5.41, 5.74) is -3.52. The highest BCUT2D eigenvalue weighted by Gasteiger charge is 2.19. The van der Waals surface area contributed by atoms with Gasteiger partial charge < -0.3 is 15.3 Å². The predicted octanol–water partition coefficient (Wildman–Crippen LogP) is -3.97. The van der Waals surface area contributed by atoms with E-state index >= 15 is 0 Å². The molecule has 0 bridgehead atoms. The maximum atomic E-state index is 10.9. The first kappa shape index (κ1) is 10.4. The van der Waals surface area contributed by atoms with Gasteiger partial charge in [-0.15, -0.1) is 0 Å². The highest BCUT2D eigenvalue weighted by Crippen LogP contribution is 1.96. The fourth-order valence-corrected chi connectivity index (χ4v) is 0.812. The Hall–Kier alpha value is -1.71. The minimum atomic E-state index is -2.31. The molecule has 0 amide bonds. The van der Waals surface area contributed by atoms with E-state index in [1.54, 1.807) is 9.97 Å². The Kier molecular flexibility index (Phi) is 2.65. The maximum Gasteiger partial charge on any atom is 0.336 e. The molecule has 0 saturated heterocycles. The van der Waals surface area contributed by atoms with Crippen molar-refractivity contribution in [3.8, 4) is 0 Å². The summed E-state index contributed by atoms with van der Waals surface area (Å²) in [6.07, 6.45) is -4.44. The SMILES string of the molecule is O=c1[nH]c(=O)n(C(O)C(O)O)c(=O)[nH]1. The molecule has 0 fully saturated rings. The average molecular weight is 205 g/mol. The van der Waals surface area contributed by atoms with Crippen LogP contribution in [0.3, 0.4) is 0 Å². The Morgan fingerprint density at radius 2 is 1.43 bits per heavy atom. The van der Waals surface area contributed by atoms with Gasteiger partial charge >= 0.3 is 17.1 Å². The monoisotopic (exact) mass is 205 g/mol. The van der Waals surface area contributed by atoms with E-state index in [2.05, 4.69) is 0 Å². The van der Waals surface area contributed by atoms with E-state index < -0.39 is 29.6 Å². The molecule has 0 saturated carbocycles. The van der Waals surface area contributed by atoms with E-state index in [9.17, 15) is 14.4 Å². The minimum Gasteiger partial charge on any atom is -0.368 e. The van der Waals surface area contributed by atoms with Crippen LogP contribution >= 0.6 is 0 Å². The third-order valence-electron chi connectivity index (χ3n) is 1.41. The second-order valence-corrected chi connectivity index (χ2v) is 2.39. The van der Waals surface area contributed by atoms with Crippen molar-refractivity contribution in [3.63, 3.8) is 0 Å². The molecule has 0 aromatic carbocycles. The average Bonchev–Trinajstić information content (AvgIpc) is 2.01. The molecule has 0 radical (unpaired) electrons. The molecular formula is C5H7N3O6. The first-order valence-corrected chi connectivity index (χ1v) is 3.43. The second kappa shape index (κ2) is 3.57. The molecule has 1 heterocycles. The lowest BCUT2D eigenvalue weighted by atomic mass is 10.5. The highest BCUT2D eigenvalue weighted by atomic mass is 16.5. The summed E-state index contributed by atoms with van der Waals surface area (Å²) in [4.78, 5) is 35.6. The molecule has 14 heavy (non-hydrogen) atoms. The van der Waals surface area contributed by atoms with Gasteiger partial charge in [-0.25, -0.2) is 19.0 Å². The van der Waals surface area contributed by atoms with Gasteiger partial charge in [-0.1, -0.05) is 0 Å². The third-order valence-corrected chi connectivity index (χ3v) is 1.41. The molecule has 1 atom stereocenters. The number of rotatable bonds is 2. The zero-order valence-electron chi connectivity index (χ0n) is 6.67. The number of aromatic nitrogens is 3. The molecule has 0 spiro atoms. The van der Waals surface area contributed by atoms with Crippen molar-refractivity contribution in [1.82, 2.24) is 14.5 Å². The molecule has 9 heteroatoms. The van der Waals surface area contributed by atoms with Crippen LogP contribution in [-0.4, -0.2) is 36.1 Å². The molecule has 1 aromatic rings. The molecule has 0 aliphatic rings. The van der Waals surface area contributed by atoms with Crippen LogP contribution in [-0.2, 0) is 0 Å². The summed E-state index contributed by atoms with van der Waals surface area (Å²) < 4.78 is 0.0616. The number of aliphatic hydroxyl groups excluding tert-OH is 2. The molecule has 9 nitrogen and oxygen atoms in total. The quantitative estimate of drug-likeness (QED) is 0.311. The topological polar surface area (TPSA) is 148 Å². The number of H-pyrrole nitrogens is 2. The van der Waals surface area contributed by atoms with Gasteiger partial charge in [-0.2, -0.15) is 0 Å². The van der Waals surface area contributed by atoms with E-state index in [1.807, 2.05) is 0 Å². The number of hydrogen-bond acceptors (Lipinski definition) is 6. The van der Waals surface area contributed by atoms with Crippen molar-refractivity contribution in [1.29, 1.82) is 0 Å². The van der Waals surface area contributed by atoms with Gasteiger partial charge in [0.05, 0.1) is 0 Å². The molecule has 0 aliphatic heterocycles. The van der Waals surface area contributed by atoms with Crippen LogP contribution in [0.15, 0.2) is 14.4 Å². The van der Waals surface area contributed by atoms with Crippen molar-refractivity contribution in [2.24, 2.45) is 0 Å². The minimum absolute atomic E-state index is 0.0616. The summed E-state index contributed by atoms with van der Waals surface area (Å²) >= 11 is 0. The Balaban J connectivity index is 3.43. The number of nitrogens with zero attached hydrogens (tertiary/aromatic N) is 1. The number of aliphatic hydroxyl groups is 3. The third kappa shape index (κ3) is 1.79. The fraction of sp³-hybridized carbons (Fsp3) is 0.400. The van der Waals surface area contributed by atoms with Crippen molar-refractivity contribution >= 4 is 0 Å². The zero-order valence-corrected chi connectivity index (χ0v) is 6.67. The van der Waals surface area contributed by atoms with Crippen molar-refractivity contribution in [3.05, 3.63) is 31.5 Å². The first-order chi connectivity index (χ1) is 6.43. The van der Waals surface area contributed by atoms with E-state index in [4.69, 9.17) is 15.3 Å². The summed E-state index contributed by atoms with van der Waals surface area (Å²) in [7, 11) is 0. The summed E-state index contributed by atoms with van der Waals surface area (Å²) in [5.74, 6) is 0. The first-order valence-electron chi connectivity index (χ1n) is 3.43. The van der Waals surface area contributed by atoms with Crippen LogP contribution in [0.1, 0.15) is 6.23 Å². The van der Waals surface area contributed by atoms with Crippen LogP contribution < -0.4 is 17.1 Å². The van der Waals surface area contributed by atoms with Crippen molar-refractivity contribution < 1.29 is 15.3 Å². The lowest BCUT2D eigenvalue weighted by Crippen LogP contribution is -2.47. The van der Waals surface area contributed by atoms with Crippen molar-refractivity contribution in [2.75, 3.05) is 0 Å². The standard InChI is InChI=1S/C5H7N3O6/c9-1(2(10)11)8-4(13)6-3(12)7-5(8)14/h1-2,9-11H,(H2,6,7,12,13,14). The van der Waals surface area contributed by atoms with Gasteiger partial charge in [0.15, 0.2) is 12.5 Å². The van der Waals surface area contributed by atoms with Crippen LogP contribution in [0, 0.1) is 0 Å². The van der Waals surface area contributed by atoms with Gasteiger partial charge in [-0.3, -0.25) is 9.97 Å². The predicted molar refractivity (Wildman–Crippen MR) is 41.4 cm³/mol. The molecule has 1 aromatic heterocycles. The van der Waals surface area contributed by atoms with Gasteiger partial charge in [-0.05, 0) is 0 Å². The van der Waals surface area contributed by atoms with Crippen LogP contribution in [0.4, 0.5) is 0 Å². The Morgan fingerprint density at radius 1 is 1.00 bits per heavy atom. The Bertz CT molecular complexity index is 447. The van der Waals surface area contributed by atoms with Gasteiger partial charge in [0, 0.05) is 0 Å².